The number of pyridine rings is 1. The van der Waals surface area contributed by atoms with Crippen molar-refractivity contribution in [2.45, 2.75) is 13.0 Å². The number of nitrogens with zero attached hydrogens (tertiary/aromatic N) is 1. The summed E-state index contributed by atoms with van der Waals surface area (Å²) in [6.07, 6.45) is 1.25. The molecule has 2 N–H and O–H groups in total. The molecule has 3 rings (SSSR count). The fourth-order valence-electron chi connectivity index (χ4n) is 2.61. The van der Waals surface area contributed by atoms with Crippen LogP contribution >= 0.6 is 0 Å². The van der Waals surface area contributed by atoms with Gasteiger partial charge in [0.2, 0.25) is 0 Å². The average molecular weight is 399 g/mol. The molecule has 0 radical (unpaired) electrons. The molecule has 2 amide bonds. The summed E-state index contributed by atoms with van der Waals surface area (Å²) in [5, 5.41) is 4.91. The number of anilines is 1. The van der Waals surface area contributed by atoms with Gasteiger partial charge in [0.1, 0.15) is 5.69 Å². The first-order valence-electron chi connectivity index (χ1n) is 8.63. The van der Waals surface area contributed by atoms with Crippen LogP contribution in [0.25, 0.3) is 0 Å². The molecule has 2 aromatic carbocycles. The lowest BCUT2D eigenvalue weighted by Crippen LogP contribution is -2.27. The lowest BCUT2D eigenvalue weighted by Gasteiger charge is -2.14. The molecule has 0 saturated heterocycles. The first-order valence-corrected chi connectivity index (χ1v) is 8.63. The number of hydrogen-bond acceptors (Lipinski definition) is 3. The van der Waals surface area contributed by atoms with E-state index in [0.29, 0.717) is 6.07 Å². The topological polar surface area (TPSA) is 71.1 Å². The van der Waals surface area contributed by atoms with Gasteiger partial charge in [0.25, 0.3) is 11.8 Å². The zero-order valence-electron chi connectivity index (χ0n) is 15.2. The van der Waals surface area contributed by atoms with Gasteiger partial charge in [-0.2, -0.15) is 0 Å². The number of nitrogens with one attached hydrogen (secondary N) is 2. The van der Waals surface area contributed by atoms with E-state index in [2.05, 4.69) is 15.6 Å². The van der Waals surface area contributed by atoms with Crippen LogP contribution in [0.2, 0.25) is 0 Å². The standard InChI is InChI=1S/C21H16F3N3O2/c1-12(13-5-3-2-4-6-13)26-20(28)14-9-10-25-17(11-14)21(29)27-16-8-7-15(22)18(23)19(16)24/h2-12H,1H3,(H,26,28)(H,27,29). The predicted molar refractivity (Wildman–Crippen MR) is 101 cm³/mol. The van der Waals surface area contributed by atoms with Crippen LogP contribution in [0.15, 0.2) is 60.8 Å². The molecule has 1 heterocycles. The quantitative estimate of drug-likeness (QED) is 0.631. The van der Waals surface area contributed by atoms with Gasteiger partial charge in [0, 0.05) is 11.8 Å². The summed E-state index contributed by atoms with van der Waals surface area (Å²) in [5.41, 5.74) is 0.345. The van der Waals surface area contributed by atoms with E-state index in [1.165, 1.54) is 18.3 Å². The molecule has 0 fully saturated rings. The average Bonchev–Trinajstić information content (AvgIpc) is 2.74. The third-order valence-electron chi connectivity index (χ3n) is 4.19. The molecule has 3 aromatic rings. The van der Waals surface area contributed by atoms with Gasteiger partial charge >= 0.3 is 0 Å². The Balaban J connectivity index is 1.74. The number of amides is 2. The van der Waals surface area contributed by atoms with E-state index >= 15 is 0 Å². The van der Waals surface area contributed by atoms with E-state index in [-0.39, 0.29) is 17.3 Å². The Bertz CT molecular complexity index is 1060. The molecule has 0 aliphatic carbocycles. The number of carbonyl (C=O) groups is 2. The Hall–Kier alpha value is -3.68. The van der Waals surface area contributed by atoms with Crippen molar-refractivity contribution in [1.82, 2.24) is 10.3 Å². The Morgan fingerprint density at radius 3 is 2.38 bits per heavy atom. The maximum Gasteiger partial charge on any atom is 0.274 e. The zero-order valence-corrected chi connectivity index (χ0v) is 15.2. The Kier molecular flexibility index (Phi) is 5.92. The molecule has 0 aliphatic rings. The van der Waals surface area contributed by atoms with Gasteiger partial charge in [-0.05, 0) is 36.8 Å². The van der Waals surface area contributed by atoms with Crippen LogP contribution in [0.4, 0.5) is 18.9 Å². The Labute approximate surface area is 164 Å². The van der Waals surface area contributed by atoms with E-state index in [1.807, 2.05) is 37.3 Å². The number of halogens is 3. The van der Waals surface area contributed by atoms with Crippen molar-refractivity contribution >= 4 is 17.5 Å². The van der Waals surface area contributed by atoms with Crippen molar-refractivity contribution < 1.29 is 22.8 Å². The highest BCUT2D eigenvalue weighted by Gasteiger charge is 2.18. The normalized spacial score (nSPS) is 11.6. The molecule has 29 heavy (non-hydrogen) atoms. The summed E-state index contributed by atoms with van der Waals surface area (Å²) >= 11 is 0. The van der Waals surface area contributed by atoms with Crippen molar-refractivity contribution in [3.05, 3.63) is 95.1 Å². The molecule has 8 heteroatoms. The van der Waals surface area contributed by atoms with Crippen molar-refractivity contribution in [3.8, 4) is 0 Å². The fraction of sp³-hybridized carbons (Fsp3) is 0.0952. The van der Waals surface area contributed by atoms with Crippen LogP contribution in [0.3, 0.4) is 0 Å². The van der Waals surface area contributed by atoms with E-state index < -0.39 is 35.0 Å². The Morgan fingerprint density at radius 1 is 0.931 bits per heavy atom. The number of rotatable bonds is 5. The summed E-state index contributed by atoms with van der Waals surface area (Å²) in [5.74, 6) is -5.90. The van der Waals surface area contributed by atoms with Gasteiger partial charge in [-0.3, -0.25) is 14.6 Å². The second-order valence-electron chi connectivity index (χ2n) is 6.21. The number of benzene rings is 2. The summed E-state index contributed by atoms with van der Waals surface area (Å²) in [7, 11) is 0. The largest absolute Gasteiger partial charge is 0.346 e. The van der Waals surface area contributed by atoms with E-state index in [1.54, 1.807) is 0 Å². The van der Waals surface area contributed by atoms with E-state index in [0.717, 1.165) is 11.6 Å². The molecule has 1 unspecified atom stereocenters. The van der Waals surface area contributed by atoms with E-state index in [4.69, 9.17) is 0 Å². The first kappa shape index (κ1) is 20.1. The fourth-order valence-corrected chi connectivity index (χ4v) is 2.61. The SMILES string of the molecule is CC(NC(=O)c1ccnc(C(=O)Nc2ccc(F)c(F)c2F)c1)c1ccccc1. The lowest BCUT2D eigenvalue weighted by atomic mass is 10.1. The minimum atomic E-state index is -1.70. The van der Waals surface area contributed by atoms with Crippen LogP contribution < -0.4 is 10.6 Å². The minimum absolute atomic E-state index is 0.165. The number of carbonyl (C=O) groups excluding carboxylic acids is 2. The molecule has 1 aromatic heterocycles. The molecule has 0 bridgehead atoms. The van der Waals surface area contributed by atoms with Gasteiger partial charge < -0.3 is 10.6 Å². The maximum atomic E-state index is 13.7. The molecule has 1 atom stereocenters. The van der Waals surface area contributed by atoms with Gasteiger partial charge in [-0.15, -0.1) is 0 Å². The minimum Gasteiger partial charge on any atom is -0.346 e. The summed E-state index contributed by atoms with van der Waals surface area (Å²) in [6, 6.07) is 13.3. The van der Waals surface area contributed by atoms with Crippen molar-refractivity contribution in [2.24, 2.45) is 0 Å². The van der Waals surface area contributed by atoms with Crippen LogP contribution in [0, 0.1) is 17.5 Å². The third-order valence-corrected chi connectivity index (χ3v) is 4.19. The molecule has 5 nitrogen and oxygen atoms in total. The number of aromatic nitrogens is 1. The predicted octanol–water partition coefficient (Wildman–Crippen LogP) is 4.24. The molecule has 0 aliphatic heterocycles. The molecule has 0 saturated carbocycles. The zero-order chi connectivity index (χ0) is 21.0. The third kappa shape index (κ3) is 4.60. The van der Waals surface area contributed by atoms with Crippen LogP contribution in [0.1, 0.15) is 39.4 Å². The second-order valence-corrected chi connectivity index (χ2v) is 6.21. The molecule has 148 valence electrons. The van der Waals surface area contributed by atoms with Gasteiger partial charge in [-0.1, -0.05) is 30.3 Å². The highest BCUT2D eigenvalue weighted by atomic mass is 19.2. The summed E-state index contributed by atoms with van der Waals surface area (Å²) in [4.78, 5) is 28.6. The highest BCUT2D eigenvalue weighted by molar-refractivity contribution is 6.04. The lowest BCUT2D eigenvalue weighted by molar-refractivity contribution is 0.0939. The molecular formula is C21H16F3N3O2. The van der Waals surface area contributed by atoms with Gasteiger partial charge in [0.15, 0.2) is 17.5 Å². The van der Waals surface area contributed by atoms with Gasteiger partial charge in [-0.25, -0.2) is 13.2 Å². The summed E-state index contributed by atoms with van der Waals surface area (Å²) in [6.45, 7) is 1.81. The number of hydrogen-bond donors (Lipinski definition) is 2. The maximum absolute atomic E-state index is 13.7. The van der Waals surface area contributed by atoms with Crippen LogP contribution in [-0.4, -0.2) is 16.8 Å². The van der Waals surface area contributed by atoms with E-state index in [9.17, 15) is 22.8 Å². The van der Waals surface area contributed by atoms with Gasteiger partial charge in [0.05, 0.1) is 11.7 Å². The smallest absolute Gasteiger partial charge is 0.274 e. The molecule has 0 spiro atoms. The second kappa shape index (κ2) is 8.55. The Morgan fingerprint density at radius 2 is 1.66 bits per heavy atom. The van der Waals surface area contributed by atoms with Crippen LogP contribution in [-0.2, 0) is 0 Å². The molecular weight excluding hydrogens is 383 g/mol. The van der Waals surface area contributed by atoms with Crippen molar-refractivity contribution in [2.75, 3.05) is 5.32 Å². The van der Waals surface area contributed by atoms with Crippen LogP contribution in [0.5, 0.6) is 0 Å². The highest BCUT2D eigenvalue weighted by Crippen LogP contribution is 2.20. The van der Waals surface area contributed by atoms with Crippen molar-refractivity contribution in [3.63, 3.8) is 0 Å². The monoisotopic (exact) mass is 399 g/mol. The summed E-state index contributed by atoms with van der Waals surface area (Å²) < 4.78 is 40.0. The van der Waals surface area contributed by atoms with Crippen molar-refractivity contribution in [1.29, 1.82) is 0 Å². The first-order chi connectivity index (χ1) is 13.9.